The molecule has 0 aliphatic carbocycles. The van der Waals surface area contributed by atoms with Crippen LogP contribution in [0, 0.1) is 0 Å². The molecule has 0 saturated carbocycles. The summed E-state index contributed by atoms with van der Waals surface area (Å²) in [4.78, 5) is 14.6. The van der Waals surface area contributed by atoms with Crippen molar-refractivity contribution in [3.63, 3.8) is 0 Å². The van der Waals surface area contributed by atoms with Gasteiger partial charge in [-0.2, -0.15) is 5.10 Å². The average Bonchev–Trinajstić information content (AvgIpc) is 2.64. The van der Waals surface area contributed by atoms with Gasteiger partial charge in [0.05, 0.1) is 17.4 Å². The Morgan fingerprint density at radius 2 is 2.10 bits per heavy atom. The van der Waals surface area contributed by atoms with E-state index in [1.165, 1.54) is 10.2 Å². The molecule has 2 heterocycles. The lowest BCUT2D eigenvalue weighted by Gasteiger charge is -2.24. The summed E-state index contributed by atoms with van der Waals surface area (Å²) in [6.45, 7) is 4.54. The molecule has 21 heavy (non-hydrogen) atoms. The molecule has 0 radical (unpaired) electrons. The number of hydrogen-bond donors (Lipinski definition) is 1. The molecule has 2 aromatic rings. The molecule has 1 aliphatic heterocycles. The van der Waals surface area contributed by atoms with Crippen LogP contribution in [0.5, 0.6) is 0 Å². The van der Waals surface area contributed by atoms with Crippen LogP contribution in [0.2, 0.25) is 0 Å². The van der Waals surface area contributed by atoms with Crippen LogP contribution < -0.4 is 15.8 Å². The van der Waals surface area contributed by atoms with Crippen molar-refractivity contribution in [2.24, 2.45) is 7.05 Å². The second-order valence-electron chi connectivity index (χ2n) is 5.46. The highest BCUT2D eigenvalue weighted by Gasteiger charge is 2.23. The fourth-order valence-electron chi connectivity index (χ4n) is 2.81. The first-order valence-electron chi connectivity index (χ1n) is 7.25. The Kier molecular flexibility index (Phi) is 3.75. The molecule has 5 nitrogen and oxygen atoms in total. The van der Waals surface area contributed by atoms with Gasteiger partial charge in [0.2, 0.25) is 0 Å². The quantitative estimate of drug-likeness (QED) is 0.907. The first-order valence-corrected chi connectivity index (χ1v) is 7.25. The van der Waals surface area contributed by atoms with Crippen molar-refractivity contribution in [3.05, 3.63) is 58.0 Å². The summed E-state index contributed by atoms with van der Waals surface area (Å²) in [5.41, 5.74) is 2.96. The Labute approximate surface area is 124 Å². The van der Waals surface area contributed by atoms with Gasteiger partial charge in [-0.3, -0.25) is 4.79 Å². The highest BCUT2D eigenvalue weighted by molar-refractivity contribution is 5.53. The Bertz CT molecular complexity index is 680. The zero-order valence-corrected chi connectivity index (χ0v) is 12.4. The van der Waals surface area contributed by atoms with Crippen LogP contribution in [0.4, 0.5) is 5.69 Å². The number of benzene rings is 1. The molecule has 5 heteroatoms. The van der Waals surface area contributed by atoms with Crippen LogP contribution >= 0.6 is 0 Å². The van der Waals surface area contributed by atoms with Gasteiger partial charge in [-0.25, -0.2) is 4.68 Å². The van der Waals surface area contributed by atoms with Crippen molar-refractivity contribution < 1.29 is 0 Å². The number of rotatable bonds is 2. The number of nitrogens with zero attached hydrogens (tertiary/aromatic N) is 3. The van der Waals surface area contributed by atoms with E-state index in [-0.39, 0.29) is 11.6 Å². The fraction of sp³-hybridized carbons (Fsp3) is 0.375. The second kappa shape index (κ2) is 5.69. The van der Waals surface area contributed by atoms with Crippen molar-refractivity contribution in [2.75, 3.05) is 18.0 Å². The van der Waals surface area contributed by atoms with Crippen LogP contribution in [0.3, 0.4) is 0 Å². The van der Waals surface area contributed by atoms with E-state index < -0.39 is 0 Å². The minimum absolute atomic E-state index is 0.0209. The van der Waals surface area contributed by atoms with Crippen molar-refractivity contribution in [3.8, 4) is 0 Å². The number of fused-ring (bicyclic) bond motifs is 1. The zero-order valence-electron chi connectivity index (χ0n) is 12.4. The maximum absolute atomic E-state index is 12.4. The van der Waals surface area contributed by atoms with E-state index in [0.717, 1.165) is 30.9 Å². The first-order chi connectivity index (χ1) is 10.2. The number of hydrogen-bond acceptors (Lipinski definition) is 4. The molecular formula is C16H20N4O. The van der Waals surface area contributed by atoms with Crippen LogP contribution in [-0.2, 0) is 13.6 Å². The van der Waals surface area contributed by atoms with Crippen LogP contribution in [0.1, 0.15) is 24.1 Å². The second-order valence-corrected chi connectivity index (χ2v) is 5.46. The molecule has 0 amide bonds. The van der Waals surface area contributed by atoms with Gasteiger partial charge in [-0.1, -0.05) is 30.3 Å². The van der Waals surface area contributed by atoms with E-state index in [9.17, 15) is 4.79 Å². The van der Waals surface area contributed by atoms with Gasteiger partial charge in [-0.15, -0.1) is 0 Å². The lowest BCUT2D eigenvalue weighted by Crippen LogP contribution is -2.30. The van der Waals surface area contributed by atoms with Crippen molar-refractivity contribution in [2.45, 2.75) is 19.5 Å². The smallest absolute Gasteiger partial charge is 0.273 e. The lowest BCUT2D eigenvalue weighted by atomic mass is 10.1. The molecule has 0 spiro atoms. The highest BCUT2D eigenvalue weighted by atomic mass is 16.1. The molecule has 1 N–H and O–H groups in total. The topological polar surface area (TPSA) is 50.2 Å². The van der Waals surface area contributed by atoms with Gasteiger partial charge in [0, 0.05) is 32.7 Å². The summed E-state index contributed by atoms with van der Waals surface area (Å²) in [5.74, 6) is 0. The number of anilines is 1. The Morgan fingerprint density at radius 3 is 2.86 bits per heavy atom. The number of aryl methyl sites for hydroxylation is 1. The molecule has 1 atom stereocenters. The normalized spacial score (nSPS) is 18.2. The molecule has 0 saturated heterocycles. The third kappa shape index (κ3) is 2.69. The van der Waals surface area contributed by atoms with E-state index in [1.807, 2.05) is 31.3 Å². The predicted molar refractivity (Wildman–Crippen MR) is 83.4 cm³/mol. The molecule has 1 aromatic carbocycles. The molecule has 110 valence electrons. The molecule has 1 aliphatic rings. The van der Waals surface area contributed by atoms with Crippen LogP contribution in [0.25, 0.3) is 0 Å². The lowest BCUT2D eigenvalue weighted by molar-refractivity contribution is 0.578. The van der Waals surface area contributed by atoms with Crippen LogP contribution in [-0.4, -0.2) is 22.9 Å². The molecule has 0 bridgehead atoms. The Hall–Kier alpha value is -2.14. The van der Waals surface area contributed by atoms with Crippen molar-refractivity contribution >= 4 is 5.69 Å². The van der Waals surface area contributed by atoms with E-state index in [4.69, 9.17) is 0 Å². The third-order valence-electron chi connectivity index (χ3n) is 3.98. The Morgan fingerprint density at radius 1 is 1.33 bits per heavy atom. The maximum atomic E-state index is 12.4. The minimum atomic E-state index is -0.0209. The summed E-state index contributed by atoms with van der Waals surface area (Å²) in [5, 5.41) is 7.60. The van der Waals surface area contributed by atoms with Crippen molar-refractivity contribution in [1.82, 2.24) is 15.1 Å². The SMILES string of the molecule is CC1NCCN(Cc2ccccc2)c2cnn(C)c(=O)c21. The van der Waals surface area contributed by atoms with Gasteiger partial charge < -0.3 is 10.2 Å². The van der Waals surface area contributed by atoms with E-state index in [2.05, 4.69) is 27.4 Å². The number of nitrogens with one attached hydrogen (secondary N) is 1. The van der Waals surface area contributed by atoms with Gasteiger partial charge in [0.1, 0.15) is 0 Å². The van der Waals surface area contributed by atoms with Gasteiger partial charge in [0.25, 0.3) is 5.56 Å². The Balaban J connectivity index is 2.02. The summed E-state index contributed by atoms with van der Waals surface area (Å²) in [6.07, 6.45) is 1.81. The zero-order chi connectivity index (χ0) is 14.8. The minimum Gasteiger partial charge on any atom is -0.364 e. The van der Waals surface area contributed by atoms with Crippen LogP contribution in [0.15, 0.2) is 41.3 Å². The highest BCUT2D eigenvalue weighted by Crippen LogP contribution is 2.25. The van der Waals surface area contributed by atoms with Gasteiger partial charge >= 0.3 is 0 Å². The number of aromatic nitrogens is 2. The summed E-state index contributed by atoms with van der Waals surface area (Å²) < 4.78 is 1.41. The summed E-state index contributed by atoms with van der Waals surface area (Å²) >= 11 is 0. The molecular weight excluding hydrogens is 264 g/mol. The standard InChI is InChI=1S/C16H20N4O/c1-12-15-14(10-18-19(2)16(15)21)20(9-8-17-12)11-13-6-4-3-5-7-13/h3-7,10,12,17H,8-9,11H2,1-2H3. The fourth-order valence-corrected chi connectivity index (χ4v) is 2.81. The predicted octanol–water partition coefficient (Wildman–Crippen LogP) is 1.45. The molecule has 0 fully saturated rings. The molecule has 1 unspecified atom stereocenters. The largest absolute Gasteiger partial charge is 0.364 e. The molecule has 3 rings (SSSR count). The van der Waals surface area contributed by atoms with E-state index in [0.29, 0.717) is 0 Å². The summed E-state index contributed by atoms with van der Waals surface area (Å²) in [6, 6.07) is 10.4. The summed E-state index contributed by atoms with van der Waals surface area (Å²) in [7, 11) is 1.70. The van der Waals surface area contributed by atoms with E-state index in [1.54, 1.807) is 7.05 Å². The van der Waals surface area contributed by atoms with E-state index >= 15 is 0 Å². The van der Waals surface area contributed by atoms with Gasteiger partial charge in [0.15, 0.2) is 0 Å². The molecule has 1 aromatic heterocycles. The maximum Gasteiger partial charge on any atom is 0.273 e. The average molecular weight is 284 g/mol. The first kappa shape index (κ1) is 13.8. The van der Waals surface area contributed by atoms with Crippen molar-refractivity contribution in [1.29, 1.82) is 0 Å². The third-order valence-corrected chi connectivity index (χ3v) is 3.98. The monoisotopic (exact) mass is 284 g/mol. The van der Waals surface area contributed by atoms with Gasteiger partial charge in [-0.05, 0) is 12.5 Å².